The van der Waals surface area contributed by atoms with E-state index in [4.69, 9.17) is 4.74 Å². The first kappa shape index (κ1) is 23.8. The van der Waals surface area contributed by atoms with Gasteiger partial charge in [-0.05, 0) is 72.0 Å². The summed E-state index contributed by atoms with van der Waals surface area (Å²) in [6.45, 7) is -2.12. The third kappa shape index (κ3) is 5.94. The van der Waals surface area contributed by atoms with Gasteiger partial charge in [0.05, 0.1) is 5.69 Å². The molecule has 3 aromatic carbocycles. The number of halogens is 3. The van der Waals surface area contributed by atoms with Crippen LogP contribution in [0.3, 0.4) is 0 Å². The molecule has 1 aromatic heterocycles. The summed E-state index contributed by atoms with van der Waals surface area (Å²) in [6, 6.07) is 19.9. The molecule has 6 heteroatoms. The molecular weight excluding hydrogens is 439 g/mol. The van der Waals surface area contributed by atoms with Crippen LogP contribution < -0.4 is 4.74 Å². The topological polar surface area (TPSA) is 31.4 Å². The molecule has 0 aliphatic rings. The molecule has 0 radical (unpaired) electrons. The van der Waals surface area contributed by atoms with Gasteiger partial charge in [0.25, 0.3) is 0 Å². The Balaban J connectivity index is 1.45. The number of fused-ring (bicyclic) bond motifs is 1. The van der Waals surface area contributed by atoms with Crippen molar-refractivity contribution in [2.24, 2.45) is 0 Å². The summed E-state index contributed by atoms with van der Waals surface area (Å²) in [7, 11) is 1.70. The summed E-state index contributed by atoms with van der Waals surface area (Å²) < 4.78 is 49.2. The minimum atomic E-state index is -2.85. The van der Waals surface area contributed by atoms with E-state index in [1.165, 1.54) is 12.1 Å². The van der Waals surface area contributed by atoms with Crippen molar-refractivity contribution in [3.05, 3.63) is 95.4 Å². The van der Waals surface area contributed by atoms with Crippen LogP contribution in [-0.2, 0) is 24.0 Å². The molecule has 4 aromatic rings. The number of pyridine rings is 1. The maximum atomic E-state index is 15.2. The summed E-state index contributed by atoms with van der Waals surface area (Å²) >= 11 is 0. The molecule has 0 bridgehead atoms. The number of nitrogens with zero attached hydrogens (tertiary/aromatic N) is 1. The Morgan fingerprint density at radius 2 is 1.65 bits per heavy atom. The van der Waals surface area contributed by atoms with E-state index in [0.717, 1.165) is 47.2 Å². The normalized spacial score (nSPS) is 11.3. The van der Waals surface area contributed by atoms with E-state index >= 15 is 4.39 Å². The Hall–Kier alpha value is -3.38. The van der Waals surface area contributed by atoms with Gasteiger partial charge < -0.3 is 9.47 Å². The van der Waals surface area contributed by atoms with E-state index in [2.05, 4.69) is 15.8 Å². The Morgan fingerprint density at radius 3 is 2.35 bits per heavy atom. The van der Waals surface area contributed by atoms with Gasteiger partial charge in [0.15, 0.2) is 0 Å². The third-order valence-electron chi connectivity index (χ3n) is 5.80. The minimum Gasteiger partial charge on any atom is -0.435 e. The lowest BCUT2D eigenvalue weighted by Crippen LogP contribution is -2.02. The lowest BCUT2D eigenvalue weighted by molar-refractivity contribution is -0.0498. The van der Waals surface area contributed by atoms with Crippen molar-refractivity contribution < 1.29 is 22.6 Å². The molecule has 0 fully saturated rings. The molecule has 0 N–H and O–H groups in total. The first-order valence-electron chi connectivity index (χ1n) is 11.2. The highest BCUT2D eigenvalue weighted by Crippen LogP contribution is 2.27. The van der Waals surface area contributed by atoms with Gasteiger partial charge >= 0.3 is 6.61 Å². The van der Waals surface area contributed by atoms with Gasteiger partial charge in [-0.3, -0.25) is 4.98 Å². The second-order valence-electron chi connectivity index (χ2n) is 8.15. The Labute approximate surface area is 197 Å². The summed E-state index contributed by atoms with van der Waals surface area (Å²) in [5.74, 6) is -0.121. The summed E-state index contributed by atoms with van der Waals surface area (Å²) in [4.78, 5) is 4.57. The largest absolute Gasteiger partial charge is 0.435 e. The van der Waals surface area contributed by atoms with Gasteiger partial charge in [0.2, 0.25) is 0 Å². The average molecular weight is 466 g/mol. The summed E-state index contributed by atoms with van der Waals surface area (Å²) in [5.41, 5.74) is 4.49. The van der Waals surface area contributed by atoms with Crippen LogP contribution in [0.4, 0.5) is 13.2 Å². The number of aryl methyl sites for hydroxylation is 3. The van der Waals surface area contributed by atoms with E-state index < -0.39 is 6.61 Å². The number of ether oxygens (including phenoxy) is 2. The van der Waals surface area contributed by atoms with Crippen LogP contribution in [0, 0.1) is 5.82 Å². The molecule has 0 unspecified atom stereocenters. The van der Waals surface area contributed by atoms with Gasteiger partial charge in [-0.2, -0.15) is 8.78 Å². The van der Waals surface area contributed by atoms with E-state index in [9.17, 15) is 8.78 Å². The predicted molar refractivity (Wildman–Crippen MR) is 128 cm³/mol. The number of benzene rings is 3. The average Bonchev–Trinajstić information content (AvgIpc) is 2.85. The number of aromatic nitrogens is 1. The molecule has 4 rings (SSSR count). The Bertz CT molecular complexity index is 1230. The van der Waals surface area contributed by atoms with Gasteiger partial charge in [0, 0.05) is 30.9 Å². The van der Waals surface area contributed by atoms with Crippen molar-refractivity contribution in [2.45, 2.75) is 32.3 Å². The second kappa shape index (κ2) is 11.2. The van der Waals surface area contributed by atoms with Crippen LogP contribution in [0.25, 0.3) is 22.0 Å². The van der Waals surface area contributed by atoms with Gasteiger partial charge in [-0.25, -0.2) is 4.39 Å². The fourth-order valence-electron chi connectivity index (χ4n) is 3.97. The highest BCUT2D eigenvalue weighted by atomic mass is 19.3. The van der Waals surface area contributed by atoms with Gasteiger partial charge in [0.1, 0.15) is 11.6 Å². The monoisotopic (exact) mass is 465 g/mol. The lowest BCUT2D eigenvalue weighted by Gasteiger charge is -2.10. The van der Waals surface area contributed by atoms with Crippen LogP contribution in [0.5, 0.6) is 5.75 Å². The van der Waals surface area contributed by atoms with Gasteiger partial charge in [-0.1, -0.05) is 42.5 Å². The number of hydrogen-bond donors (Lipinski definition) is 0. The molecule has 0 saturated heterocycles. The smallest absolute Gasteiger partial charge is 0.387 e. The first-order valence-corrected chi connectivity index (χ1v) is 11.2. The molecule has 0 atom stereocenters. The fourth-order valence-corrected chi connectivity index (χ4v) is 3.97. The fraction of sp³-hybridized carbons (Fsp3) is 0.250. The van der Waals surface area contributed by atoms with Crippen molar-refractivity contribution >= 4 is 10.8 Å². The van der Waals surface area contributed by atoms with Gasteiger partial charge in [-0.15, -0.1) is 0 Å². The Kier molecular flexibility index (Phi) is 7.80. The number of methoxy groups -OCH3 is 1. The SMILES string of the molecule is COCCCc1ccc(-c2ccc3c(F)c(CCc4ccc(OC(F)F)cc4)ccc3c2)nc1. The Morgan fingerprint density at radius 1 is 0.853 bits per heavy atom. The van der Waals surface area contributed by atoms with Crippen LogP contribution >= 0.6 is 0 Å². The molecule has 0 amide bonds. The van der Waals surface area contributed by atoms with Crippen molar-refractivity contribution in [1.82, 2.24) is 4.98 Å². The molecule has 0 aliphatic carbocycles. The number of alkyl halides is 2. The zero-order valence-corrected chi connectivity index (χ0v) is 18.9. The first-order chi connectivity index (χ1) is 16.5. The predicted octanol–water partition coefficient (Wildman–Crippen LogP) is 7.01. The quantitative estimate of drug-likeness (QED) is 0.236. The molecule has 34 heavy (non-hydrogen) atoms. The summed E-state index contributed by atoms with van der Waals surface area (Å²) in [6.07, 6.45) is 4.85. The molecule has 0 spiro atoms. The maximum absolute atomic E-state index is 15.2. The van der Waals surface area contributed by atoms with Crippen LogP contribution in [0.2, 0.25) is 0 Å². The lowest BCUT2D eigenvalue weighted by atomic mass is 9.98. The molecule has 1 heterocycles. The summed E-state index contributed by atoms with van der Waals surface area (Å²) in [5, 5.41) is 1.39. The van der Waals surface area contributed by atoms with Crippen molar-refractivity contribution in [3.63, 3.8) is 0 Å². The number of rotatable bonds is 10. The molecular formula is C28H26F3NO2. The second-order valence-corrected chi connectivity index (χ2v) is 8.15. The van der Waals surface area contributed by atoms with Crippen molar-refractivity contribution in [3.8, 4) is 17.0 Å². The zero-order chi connectivity index (χ0) is 23.9. The third-order valence-corrected chi connectivity index (χ3v) is 5.80. The molecule has 176 valence electrons. The van der Waals surface area contributed by atoms with E-state index in [1.807, 2.05) is 36.5 Å². The van der Waals surface area contributed by atoms with Crippen LogP contribution in [0.15, 0.2) is 72.9 Å². The van der Waals surface area contributed by atoms with Crippen molar-refractivity contribution in [2.75, 3.05) is 13.7 Å². The maximum Gasteiger partial charge on any atom is 0.387 e. The van der Waals surface area contributed by atoms with Crippen LogP contribution in [-0.4, -0.2) is 25.3 Å². The standard InChI is InChI=1S/C28H26F3NO2/c1-33-16-2-3-20-7-15-26(32-18-20)23-11-14-25-22(17-23)10-9-21(27(25)29)8-4-19-5-12-24(13-6-19)34-28(30)31/h5-7,9-15,17-18,28H,2-4,8,16H2,1H3. The van der Waals surface area contributed by atoms with E-state index in [1.54, 1.807) is 25.3 Å². The molecule has 0 aliphatic heterocycles. The van der Waals surface area contributed by atoms with Crippen molar-refractivity contribution in [1.29, 1.82) is 0 Å². The number of hydrogen-bond acceptors (Lipinski definition) is 3. The minimum absolute atomic E-state index is 0.113. The van der Waals surface area contributed by atoms with E-state index in [-0.39, 0.29) is 11.6 Å². The van der Waals surface area contributed by atoms with E-state index in [0.29, 0.717) is 23.8 Å². The van der Waals surface area contributed by atoms with Crippen LogP contribution in [0.1, 0.15) is 23.1 Å². The zero-order valence-electron chi connectivity index (χ0n) is 18.9. The molecule has 3 nitrogen and oxygen atoms in total. The highest BCUT2D eigenvalue weighted by molar-refractivity contribution is 5.88. The molecule has 0 saturated carbocycles. The highest BCUT2D eigenvalue weighted by Gasteiger charge is 2.10.